The van der Waals surface area contributed by atoms with E-state index in [-0.39, 0.29) is 10.5 Å². The van der Waals surface area contributed by atoms with Gasteiger partial charge in [0.25, 0.3) is 11.8 Å². The van der Waals surface area contributed by atoms with Gasteiger partial charge in [-0.3, -0.25) is 20.4 Å². The highest BCUT2D eigenvalue weighted by Gasteiger charge is 2.28. The minimum atomic E-state index is -3.73. The maximum atomic E-state index is 13.0. The molecule has 0 spiro atoms. The van der Waals surface area contributed by atoms with E-state index in [9.17, 15) is 22.8 Å². The summed E-state index contributed by atoms with van der Waals surface area (Å²) in [4.78, 5) is 36.4. The number of piperidine rings is 1. The van der Waals surface area contributed by atoms with E-state index in [2.05, 4.69) is 10.9 Å². The molecule has 1 aliphatic rings. The summed E-state index contributed by atoms with van der Waals surface area (Å²) < 4.78 is 32.4. The van der Waals surface area contributed by atoms with Crippen molar-refractivity contribution in [2.45, 2.75) is 38.0 Å². The molecular formula is C23H27N3O6S. The third kappa shape index (κ3) is 6.17. The molecule has 2 N–H and O–H groups in total. The molecule has 1 heterocycles. The summed E-state index contributed by atoms with van der Waals surface area (Å²) in [7, 11) is -3.73. The average Bonchev–Trinajstić information content (AvgIpc) is 2.82. The summed E-state index contributed by atoms with van der Waals surface area (Å²) >= 11 is 0. The van der Waals surface area contributed by atoms with E-state index in [1.807, 2.05) is 6.92 Å². The second-order valence-electron chi connectivity index (χ2n) is 7.89. The monoisotopic (exact) mass is 473 g/mol. The zero-order valence-electron chi connectivity index (χ0n) is 18.6. The Morgan fingerprint density at radius 1 is 0.909 bits per heavy atom. The topological polar surface area (TPSA) is 122 Å². The summed E-state index contributed by atoms with van der Waals surface area (Å²) in [6.07, 6.45) is 2.59. The fourth-order valence-electron chi connectivity index (χ4n) is 3.40. The van der Waals surface area contributed by atoms with Gasteiger partial charge in [-0.25, -0.2) is 13.2 Å². The molecule has 10 heteroatoms. The number of ether oxygens (including phenoxy) is 1. The Morgan fingerprint density at radius 3 is 2.21 bits per heavy atom. The molecule has 9 nitrogen and oxygen atoms in total. The summed E-state index contributed by atoms with van der Waals surface area (Å²) in [6.45, 7) is 3.80. The Morgan fingerprint density at radius 2 is 1.55 bits per heavy atom. The lowest BCUT2D eigenvalue weighted by molar-refractivity contribution is -0.125. The highest BCUT2D eigenvalue weighted by molar-refractivity contribution is 7.89. The Bertz CT molecular complexity index is 1140. The first kappa shape index (κ1) is 24.4. The van der Waals surface area contributed by atoms with Gasteiger partial charge in [0.1, 0.15) is 0 Å². The molecule has 0 unspecified atom stereocenters. The predicted octanol–water partition coefficient (Wildman–Crippen LogP) is 2.10. The van der Waals surface area contributed by atoms with Gasteiger partial charge in [0.05, 0.1) is 10.5 Å². The highest BCUT2D eigenvalue weighted by atomic mass is 32.2. The summed E-state index contributed by atoms with van der Waals surface area (Å²) in [6, 6.07) is 11.0. The van der Waals surface area contributed by atoms with E-state index in [0.717, 1.165) is 24.8 Å². The number of benzene rings is 2. The van der Waals surface area contributed by atoms with Crippen LogP contribution in [0, 0.1) is 13.8 Å². The van der Waals surface area contributed by atoms with Crippen molar-refractivity contribution in [1.82, 2.24) is 15.2 Å². The molecule has 2 aromatic carbocycles. The van der Waals surface area contributed by atoms with E-state index >= 15 is 0 Å². The van der Waals surface area contributed by atoms with Crippen molar-refractivity contribution >= 4 is 27.8 Å². The summed E-state index contributed by atoms with van der Waals surface area (Å²) in [5.41, 5.74) is 6.31. The summed E-state index contributed by atoms with van der Waals surface area (Å²) in [5, 5.41) is 0. The molecule has 0 atom stereocenters. The van der Waals surface area contributed by atoms with Crippen molar-refractivity contribution in [3.05, 3.63) is 64.7 Å². The number of carbonyl (C=O) groups excluding carboxylic acids is 3. The lowest BCUT2D eigenvalue weighted by Crippen LogP contribution is -2.43. The maximum Gasteiger partial charge on any atom is 0.338 e. The molecule has 1 aliphatic heterocycles. The van der Waals surface area contributed by atoms with Crippen molar-refractivity contribution in [2.24, 2.45) is 0 Å². The molecule has 0 radical (unpaired) electrons. The van der Waals surface area contributed by atoms with Crippen LogP contribution in [-0.4, -0.2) is 50.2 Å². The molecule has 1 saturated heterocycles. The van der Waals surface area contributed by atoms with Gasteiger partial charge in [0, 0.05) is 18.7 Å². The molecule has 3 rings (SSSR count). The van der Waals surface area contributed by atoms with Crippen molar-refractivity contribution in [3.8, 4) is 0 Å². The molecule has 2 aromatic rings. The molecule has 0 bridgehead atoms. The van der Waals surface area contributed by atoms with Gasteiger partial charge < -0.3 is 4.74 Å². The minimum absolute atomic E-state index is 0.0210. The predicted molar refractivity (Wildman–Crippen MR) is 121 cm³/mol. The molecule has 0 saturated carbocycles. The average molecular weight is 474 g/mol. The van der Waals surface area contributed by atoms with Crippen LogP contribution in [0.25, 0.3) is 0 Å². The number of esters is 1. The Hall–Kier alpha value is -3.24. The van der Waals surface area contributed by atoms with Gasteiger partial charge in [-0.2, -0.15) is 4.31 Å². The number of carbonyl (C=O) groups is 3. The van der Waals surface area contributed by atoms with Crippen LogP contribution in [0.4, 0.5) is 0 Å². The van der Waals surface area contributed by atoms with Crippen LogP contribution in [-0.2, 0) is 19.6 Å². The van der Waals surface area contributed by atoms with Crippen molar-refractivity contribution in [1.29, 1.82) is 0 Å². The fourth-order valence-corrected chi connectivity index (χ4v) is 5.17. The second kappa shape index (κ2) is 10.6. The number of rotatable bonds is 6. The maximum absolute atomic E-state index is 13.0. The second-order valence-corrected chi connectivity index (χ2v) is 9.80. The third-order valence-electron chi connectivity index (χ3n) is 5.32. The Balaban J connectivity index is 1.57. The standard InChI is InChI=1S/C23H27N3O6S/c1-16-6-9-18(10-7-16)22(28)25-24-21(27)15-32-23(29)19-11-8-17(2)20(14-19)33(30,31)26-12-4-3-5-13-26/h6-11,14H,3-5,12-13,15H2,1-2H3,(H,24,27)(H,25,28). The lowest BCUT2D eigenvalue weighted by Gasteiger charge is -2.26. The van der Waals surface area contributed by atoms with Crippen molar-refractivity contribution < 1.29 is 27.5 Å². The zero-order chi connectivity index (χ0) is 24.0. The fraction of sp³-hybridized carbons (Fsp3) is 0.348. The van der Waals surface area contributed by atoms with Crippen LogP contribution in [0.15, 0.2) is 47.4 Å². The van der Waals surface area contributed by atoms with Crippen molar-refractivity contribution in [3.63, 3.8) is 0 Å². The molecular weight excluding hydrogens is 446 g/mol. The van der Waals surface area contributed by atoms with Gasteiger partial charge in [-0.1, -0.05) is 30.2 Å². The molecule has 176 valence electrons. The quantitative estimate of drug-likeness (QED) is 0.489. The highest BCUT2D eigenvalue weighted by Crippen LogP contribution is 2.24. The number of aryl methyl sites for hydroxylation is 2. The normalized spacial score (nSPS) is 14.4. The number of hydrogen-bond donors (Lipinski definition) is 2. The molecule has 0 aliphatic carbocycles. The third-order valence-corrected chi connectivity index (χ3v) is 7.36. The summed E-state index contributed by atoms with van der Waals surface area (Å²) in [5.74, 6) is -2.09. The molecule has 0 aromatic heterocycles. The van der Waals surface area contributed by atoms with Crippen LogP contribution in [0.2, 0.25) is 0 Å². The zero-order valence-corrected chi connectivity index (χ0v) is 19.4. The van der Waals surface area contributed by atoms with Gasteiger partial charge in [-0.05, 0) is 56.5 Å². The first-order valence-corrected chi connectivity index (χ1v) is 12.1. The number of amides is 2. The number of nitrogens with one attached hydrogen (secondary N) is 2. The van der Waals surface area contributed by atoms with Crippen LogP contribution in [0.1, 0.15) is 51.1 Å². The Labute approximate surface area is 193 Å². The molecule has 2 amide bonds. The molecule has 33 heavy (non-hydrogen) atoms. The van der Waals surface area contributed by atoms with Crippen LogP contribution in [0.3, 0.4) is 0 Å². The first-order chi connectivity index (χ1) is 15.7. The number of hydrazine groups is 1. The van der Waals surface area contributed by atoms with E-state index in [1.165, 1.54) is 22.5 Å². The van der Waals surface area contributed by atoms with Gasteiger partial charge >= 0.3 is 5.97 Å². The number of nitrogens with zero attached hydrogens (tertiary/aromatic N) is 1. The van der Waals surface area contributed by atoms with Crippen LogP contribution < -0.4 is 10.9 Å². The van der Waals surface area contributed by atoms with Gasteiger partial charge in [-0.15, -0.1) is 0 Å². The largest absolute Gasteiger partial charge is 0.452 e. The minimum Gasteiger partial charge on any atom is -0.452 e. The Kier molecular flexibility index (Phi) is 7.83. The first-order valence-electron chi connectivity index (χ1n) is 10.6. The van der Waals surface area contributed by atoms with E-state index in [1.54, 1.807) is 31.2 Å². The SMILES string of the molecule is Cc1ccc(C(=O)NNC(=O)COC(=O)c2ccc(C)c(S(=O)(=O)N3CCCCC3)c2)cc1. The van der Waals surface area contributed by atoms with E-state index < -0.39 is 34.4 Å². The van der Waals surface area contributed by atoms with E-state index in [0.29, 0.717) is 24.2 Å². The van der Waals surface area contributed by atoms with Gasteiger partial charge in [0.15, 0.2) is 6.61 Å². The smallest absolute Gasteiger partial charge is 0.338 e. The van der Waals surface area contributed by atoms with E-state index in [4.69, 9.17) is 4.74 Å². The molecule has 1 fully saturated rings. The number of hydrogen-bond acceptors (Lipinski definition) is 6. The van der Waals surface area contributed by atoms with Crippen molar-refractivity contribution in [2.75, 3.05) is 19.7 Å². The number of sulfonamides is 1. The van der Waals surface area contributed by atoms with Gasteiger partial charge in [0.2, 0.25) is 10.0 Å². The van der Waals surface area contributed by atoms with Crippen LogP contribution >= 0.6 is 0 Å². The van der Waals surface area contributed by atoms with Crippen LogP contribution in [0.5, 0.6) is 0 Å². The lowest BCUT2D eigenvalue weighted by atomic mass is 10.1.